The van der Waals surface area contributed by atoms with Gasteiger partial charge in [-0.05, 0) is 91.7 Å². The number of carbonyl (C=O) groups excluding carboxylic acids is 5. The van der Waals surface area contributed by atoms with Gasteiger partial charge in [0.05, 0.1) is 62.6 Å². The molecule has 0 heterocycles. The van der Waals surface area contributed by atoms with E-state index in [0.717, 1.165) is 11.1 Å². The van der Waals surface area contributed by atoms with E-state index in [2.05, 4.69) is 6.58 Å². The van der Waals surface area contributed by atoms with Crippen LogP contribution in [0.4, 0.5) is 0 Å². The van der Waals surface area contributed by atoms with Crippen LogP contribution < -0.4 is 0 Å². The average Bonchev–Trinajstić information content (AvgIpc) is 3.07. The summed E-state index contributed by atoms with van der Waals surface area (Å²) in [7, 11) is 6.07. The second-order valence-corrected chi connectivity index (χ2v) is 14.8. The van der Waals surface area contributed by atoms with Crippen molar-refractivity contribution >= 4 is 35.9 Å². The molecule has 0 aromatic heterocycles. The monoisotopic (exact) mass is 704 g/mol. The molecule has 0 fully saturated rings. The minimum atomic E-state index is -1.57. The molecule has 0 aliphatic heterocycles. The molecule has 0 aliphatic rings. The van der Waals surface area contributed by atoms with Crippen molar-refractivity contribution in [2.24, 2.45) is 27.1 Å². The van der Waals surface area contributed by atoms with Crippen LogP contribution >= 0.6 is 0 Å². The van der Waals surface area contributed by atoms with E-state index in [1.54, 1.807) is 54.5 Å². The highest BCUT2D eigenvalue weighted by Crippen LogP contribution is 2.52. The highest BCUT2D eigenvalue weighted by Gasteiger charge is 2.55. The minimum Gasteiger partial charge on any atom is -0.481 e. The van der Waals surface area contributed by atoms with Crippen molar-refractivity contribution in [2.75, 3.05) is 35.5 Å². The molecule has 1 aromatic carbocycles. The van der Waals surface area contributed by atoms with Crippen LogP contribution in [-0.2, 0) is 59.0 Å². The van der Waals surface area contributed by atoms with Gasteiger partial charge in [0.15, 0.2) is 0 Å². The maximum Gasteiger partial charge on any atom is 0.311 e. The topological polar surface area (TPSA) is 161 Å². The van der Waals surface area contributed by atoms with Crippen LogP contribution in [0.1, 0.15) is 91.7 Å². The maximum atomic E-state index is 13.7. The number of hydrogen-bond donors (Lipinski definition) is 1. The highest BCUT2D eigenvalue weighted by molar-refractivity contribution is 5.85. The van der Waals surface area contributed by atoms with Crippen LogP contribution in [-0.4, -0.2) is 70.5 Å². The van der Waals surface area contributed by atoms with Crippen LogP contribution in [0.15, 0.2) is 42.4 Å². The van der Waals surface area contributed by atoms with Crippen LogP contribution in [0, 0.1) is 27.1 Å². The van der Waals surface area contributed by atoms with Crippen molar-refractivity contribution in [1.29, 1.82) is 0 Å². The molecule has 0 amide bonds. The van der Waals surface area contributed by atoms with E-state index >= 15 is 0 Å². The molecular weight excluding hydrogens is 648 g/mol. The molecule has 50 heavy (non-hydrogen) atoms. The lowest BCUT2D eigenvalue weighted by molar-refractivity contribution is -0.171. The normalized spacial score (nSPS) is 16.8. The van der Waals surface area contributed by atoms with Gasteiger partial charge in [0.2, 0.25) is 0 Å². The molecule has 4 unspecified atom stereocenters. The van der Waals surface area contributed by atoms with Gasteiger partial charge in [-0.3, -0.25) is 24.0 Å². The molecule has 12 nitrogen and oxygen atoms in total. The first-order chi connectivity index (χ1) is 23.1. The number of rotatable bonds is 19. The fourth-order valence-corrected chi connectivity index (χ4v) is 7.37. The first-order valence-electron chi connectivity index (χ1n) is 16.2. The largest absolute Gasteiger partial charge is 0.481 e. The van der Waals surface area contributed by atoms with Crippen LogP contribution in [0.25, 0.3) is 6.08 Å². The van der Waals surface area contributed by atoms with E-state index < -0.39 is 56.9 Å². The fourth-order valence-electron chi connectivity index (χ4n) is 7.37. The molecule has 0 spiro atoms. The van der Waals surface area contributed by atoms with Gasteiger partial charge >= 0.3 is 29.8 Å². The van der Waals surface area contributed by atoms with Crippen LogP contribution in [0.2, 0.25) is 0 Å². The van der Waals surface area contributed by atoms with Gasteiger partial charge in [-0.1, -0.05) is 36.9 Å². The van der Waals surface area contributed by atoms with Crippen molar-refractivity contribution in [3.05, 3.63) is 53.5 Å². The maximum absolute atomic E-state index is 13.7. The molecule has 0 saturated heterocycles. The van der Waals surface area contributed by atoms with Gasteiger partial charge < -0.3 is 33.5 Å². The summed E-state index contributed by atoms with van der Waals surface area (Å²) >= 11 is 0. The number of methoxy groups -OCH3 is 5. The van der Waals surface area contributed by atoms with Gasteiger partial charge in [-0.25, -0.2) is 0 Å². The lowest BCUT2D eigenvalue weighted by Crippen LogP contribution is -2.48. The summed E-state index contributed by atoms with van der Waals surface area (Å²) in [6, 6.07) is 7.33. The average molecular weight is 705 g/mol. The third kappa shape index (κ3) is 10.8. The standard InChI is InChI=1S/C38H56O12/c1-14-26-15-17-27(18-16-26)20-50-29(40)34(3,4)21-36(6,31(42)47-11)23-38(8,33(44)49-13)24-37(7,32(43)48-12)22-35(5,30(41)46-10)19-25(2)28(39)45-9/h14-18,39H,1,19-24H2,2-13H3/b28-25-. The molecule has 280 valence electrons. The van der Waals surface area contributed by atoms with Gasteiger partial charge in [-0.15, -0.1) is 0 Å². The van der Waals surface area contributed by atoms with Gasteiger partial charge in [0, 0.05) is 5.57 Å². The zero-order chi connectivity index (χ0) is 38.7. The summed E-state index contributed by atoms with van der Waals surface area (Å²) in [5.41, 5.74) is -5.22. The second-order valence-electron chi connectivity index (χ2n) is 14.8. The zero-order valence-electron chi connectivity index (χ0n) is 31.8. The van der Waals surface area contributed by atoms with Gasteiger partial charge in [-0.2, -0.15) is 0 Å². The Labute approximate surface area is 296 Å². The summed E-state index contributed by atoms with van der Waals surface area (Å²) in [6.07, 6.45) is 0.888. The Morgan fingerprint density at radius 1 is 0.620 bits per heavy atom. The Morgan fingerprint density at radius 2 is 1.00 bits per heavy atom. The van der Waals surface area contributed by atoms with Gasteiger partial charge in [0.1, 0.15) is 6.61 Å². The van der Waals surface area contributed by atoms with Gasteiger partial charge in [0.25, 0.3) is 5.95 Å². The Bertz CT molecular complexity index is 1430. The molecule has 0 radical (unpaired) electrons. The first-order valence-corrected chi connectivity index (χ1v) is 16.2. The number of carbonyl (C=O) groups is 5. The Hall–Kier alpha value is -4.35. The Balaban J connectivity index is 3.64. The number of esters is 5. The molecule has 1 rings (SSSR count). The second kappa shape index (κ2) is 17.5. The lowest BCUT2D eigenvalue weighted by Gasteiger charge is -2.44. The Kier molecular flexibility index (Phi) is 15.3. The van der Waals surface area contributed by atoms with Crippen LogP contribution in [0.5, 0.6) is 0 Å². The quantitative estimate of drug-likeness (QED) is 0.0947. The van der Waals surface area contributed by atoms with Crippen molar-refractivity contribution in [3.63, 3.8) is 0 Å². The van der Waals surface area contributed by atoms with Crippen LogP contribution in [0.3, 0.4) is 0 Å². The molecule has 0 bridgehead atoms. The molecule has 4 atom stereocenters. The number of hydrogen-bond acceptors (Lipinski definition) is 12. The number of aliphatic hydroxyl groups is 1. The molecule has 0 saturated carbocycles. The summed E-state index contributed by atoms with van der Waals surface area (Å²) in [5, 5.41) is 10.2. The summed E-state index contributed by atoms with van der Waals surface area (Å²) in [5.74, 6) is -3.80. The Morgan fingerprint density at radius 3 is 1.38 bits per heavy atom. The van der Waals surface area contributed by atoms with E-state index in [9.17, 15) is 29.1 Å². The van der Waals surface area contributed by atoms with E-state index in [1.807, 2.05) is 24.3 Å². The predicted molar refractivity (Wildman–Crippen MR) is 186 cm³/mol. The lowest BCUT2D eigenvalue weighted by atomic mass is 9.59. The molecular formula is C38H56O12. The number of benzene rings is 1. The van der Waals surface area contributed by atoms with Crippen molar-refractivity contribution < 1.29 is 57.5 Å². The zero-order valence-corrected chi connectivity index (χ0v) is 31.8. The fraction of sp³-hybridized carbons (Fsp3) is 0.605. The van der Waals surface area contributed by atoms with Crippen molar-refractivity contribution in [3.8, 4) is 0 Å². The minimum absolute atomic E-state index is 0.00175. The number of allylic oxidation sites excluding steroid dienone is 1. The van der Waals surface area contributed by atoms with E-state index in [4.69, 9.17) is 28.4 Å². The summed E-state index contributed by atoms with van der Waals surface area (Å²) in [6.45, 7) is 14.8. The van der Waals surface area contributed by atoms with E-state index in [1.165, 1.54) is 35.5 Å². The molecule has 1 N–H and O–H groups in total. The van der Waals surface area contributed by atoms with E-state index in [-0.39, 0.29) is 44.7 Å². The summed E-state index contributed by atoms with van der Waals surface area (Å²) in [4.78, 5) is 67.6. The smallest absolute Gasteiger partial charge is 0.311 e. The SMILES string of the molecule is C=Cc1ccc(COC(=O)C(C)(C)CC(C)(CC(C)(CC(C)(CC(C)(C/C(C)=C(/O)OC)C(=O)OC)C(=O)OC)C(=O)OC)C(=O)OC)cc1. The third-order valence-corrected chi connectivity index (χ3v) is 9.24. The van der Waals surface area contributed by atoms with Crippen molar-refractivity contribution in [1.82, 2.24) is 0 Å². The molecule has 12 heteroatoms. The van der Waals surface area contributed by atoms with E-state index in [0.29, 0.717) is 5.57 Å². The predicted octanol–water partition coefficient (Wildman–Crippen LogP) is 6.50. The number of ether oxygens (including phenoxy) is 6. The number of aliphatic hydroxyl groups excluding tert-OH is 1. The molecule has 0 aliphatic carbocycles. The summed E-state index contributed by atoms with van der Waals surface area (Å²) < 4.78 is 31.4. The highest BCUT2D eigenvalue weighted by atomic mass is 16.6. The third-order valence-electron chi connectivity index (χ3n) is 9.24. The van der Waals surface area contributed by atoms with Crippen molar-refractivity contribution in [2.45, 2.75) is 87.2 Å². The first kappa shape index (κ1) is 43.7. The molecule has 1 aromatic rings.